The summed E-state index contributed by atoms with van der Waals surface area (Å²) in [7, 11) is 0. The third kappa shape index (κ3) is 7.84. The lowest BCUT2D eigenvalue weighted by Crippen LogP contribution is -2.45. The van der Waals surface area contributed by atoms with Crippen molar-refractivity contribution in [3.05, 3.63) is 78.5 Å². The van der Waals surface area contributed by atoms with Crippen molar-refractivity contribution in [1.82, 2.24) is 39.7 Å². The summed E-state index contributed by atoms with van der Waals surface area (Å²) < 4.78 is 21.8. The number of anilines is 1. The minimum atomic E-state index is -0.695. The summed E-state index contributed by atoms with van der Waals surface area (Å²) >= 11 is 1.52. The fourth-order valence-electron chi connectivity index (χ4n) is 6.93. The summed E-state index contributed by atoms with van der Waals surface area (Å²) in [5.74, 6) is 0.489. The average Bonchev–Trinajstić information content (AvgIpc) is 3.91. The van der Waals surface area contributed by atoms with Crippen LogP contribution in [-0.4, -0.2) is 101 Å². The van der Waals surface area contributed by atoms with Gasteiger partial charge in [0.1, 0.15) is 22.6 Å². The molecule has 2 aliphatic heterocycles. The van der Waals surface area contributed by atoms with E-state index < -0.39 is 4.75 Å². The van der Waals surface area contributed by atoms with E-state index in [0.717, 1.165) is 46.3 Å². The summed E-state index contributed by atoms with van der Waals surface area (Å²) in [5.41, 5.74) is 5.27. The van der Waals surface area contributed by atoms with E-state index in [9.17, 15) is 9.59 Å². The number of thioether (sulfide) groups is 1. The van der Waals surface area contributed by atoms with E-state index in [1.165, 1.54) is 17.8 Å². The Hall–Kier alpha value is -5.08. The number of aryl methyl sites for hydroxylation is 1. The van der Waals surface area contributed by atoms with Crippen molar-refractivity contribution in [2.45, 2.75) is 57.4 Å². The largest absolute Gasteiger partial charge is 0.475 e. The molecule has 2 aliphatic rings. The number of hydrogen-bond acceptors (Lipinski definition) is 9. The van der Waals surface area contributed by atoms with E-state index in [4.69, 9.17) is 4.74 Å². The van der Waals surface area contributed by atoms with Crippen LogP contribution < -0.4 is 10.1 Å². The quantitative estimate of drug-likeness (QED) is 0.152. The number of fused-ring (bicyclic) bond motifs is 1. The number of aromatic amines is 1. The zero-order valence-corrected chi connectivity index (χ0v) is 31.3. The number of carbonyl (C=O) groups is 2. The molecule has 3 aromatic heterocycles. The van der Waals surface area contributed by atoms with Crippen LogP contribution in [0.15, 0.2) is 67.1 Å². The number of H-pyrrole nitrogens is 1. The first-order chi connectivity index (χ1) is 25.6. The van der Waals surface area contributed by atoms with Gasteiger partial charge in [0.25, 0.3) is 0 Å². The predicted octanol–water partition coefficient (Wildman–Crippen LogP) is 6.28. The fourth-order valence-corrected chi connectivity index (χ4v) is 7.77. The summed E-state index contributed by atoms with van der Waals surface area (Å²) in [6, 6.07) is 14.6. The molecule has 12 nitrogen and oxygen atoms in total. The molecule has 1 fully saturated rings. The molecule has 276 valence electrons. The van der Waals surface area contributed by atoms with E-state index in [0.29, 0.717) is 62.0 Å². The summed E-state index contributed by atoms with van der Waals surface area (Å²) in [6.07, 6.45) is 9.51. The van der Waals surface area contributed by atoms with Crippen LogP contribution in [0.4, 0.5) is 10.1 Å². The van der Waals surface area contributed by atoms with Gasteiger partial charge in [-0.1, -0.05) is 19.1 Å². The molecule has 14 heteroatoms. The topological polar surface area (TPSA) is 134 Å². The lowest BCUT2D eigenvalue weighted by Gasteiger charge is -2.29. The molecule has 0 aliphatic carbocycles. The Balaban J connectivity index is 0.952. The Morgan fingerprint density at radius 1 is 1.09 bits per heavy atom. The van der Waals surface area contributed by atoms with Crippen molar-refractivity contribution >= 4 is 45.7 Å². The maximum Gasteiger partial charge on any atom is 0.241 e. The van der Waals surface area contributed by atoms with Crippen LogP contribution in [0.2, 0.25) is 0 Å². The average molecular weight is 738 g/mol. The Bertz CT molecular complexity index is 2150. The molecule has 0 bridgehead atoms. The van der Waals surface area contributed by atoms with Crippen molar-refractivity contribution in [3.8, 4) is 28.5 Å². The van der Waals surface area contributed by atoms with Gasteiger partial charge in [-0.05, 0) is 86.9 Å². The normalized spacial score (nSPS) is 17.8. The van der Waals surface area contributed by atoms with Gasteiger partial charge in [0.15, 0.2) is 5.82 Å². The number of hydrogen-bond donors (Lipinski definition) is 2. The Kier molecular flexibility index (Phi) is 10.6. The molecule has 1 atom stereocenters. The number of carbonyl (C=O) groups excluding carboxylic acids is 2. The Morgan fingerprint density at radius 2 is 1.94 bits per heavy atom. The van der Waals surface area contributed by atoms with E-state index >= 15 is 4.39 Å². The number of nitrogens with zero attached hydrogens (tertiary/aromatic N) is 7. The lowest BCUT2D eigenvalue weighted by atomic mass is 9.98. The minimum Gasteiger partial charge on any atom is -0.475 e. The maximum atomic E-state index is 15.1. The van der Waals surface area contributed by atoms with Gasteiger partial charge in [0.05, 0.1) is 23.7 Å². The molecule has 0 unspecified atom stereocenters. The highest BCUT2D eigenvalue weighted by Gasteiger charge is 2.44. The molecule has 7 rings (SSSR count). The highest BCUT2D eigenvalue weighted by atomic mass is 32.2. The second-order valence-corrected chi connectivity index (χ2v) is 15.0. The third-order valence-corrected chi connectivity index (χ3v) is 11.1. The molecule has 2 aromatic carbocycles. The first-order valence-corrected chi connectivity index (χ1v) is 19.2. The molecule has 5 heterocycles. The van der Waals surface area contributed by atoms with Gasteiger partial charge in [-0.2, -0.15) is 10.2 Å². The highest BCUT2D eigenvalue weighted by molar-refractivity contribution is 8.00. The second-order valence-electron chi connectivity index (χ2n) is 13.8. The van der Waals surface area contributed by atoms with Gasteiger partial charge < -0.3 is 15.0 Å². The number of rotatable bonds is 12. The Morgan fingerprint density at radius 3 is 2.66 bits per heavy atom. The molecule has 1 saturated heterocycles. The highest BCUT2D eigenvalue weighted by Crippen LogP contribution is 2.36. The lowest BCUT2D eigenvalue weighted by molar-refractivity contribution is -0.132. The summed E-state index contributed by atoms with van der Waals surface area (Å²) in [5, 5.41) is 16.0. The van der Waals surface area contributed by atoms with Gasteiger partial charge in [-0.25, -0.2) is 14.4 Å². The van der Waals surface area contributed by atoms with Crippen molar-refractivity contribution in [1.29, 1.82) is 0 Å². The summed E-state index contributed by atoms with van der Waals surface area (Å²) in [4.78, 5) is 39.8. The molecule has 53 heavy (non-hydrogen) atoms. The van der Waals surface area contributed by atoms with Crippen molar-refractivity contribution in [3.63, 3.8) is 0 Å². The van der Waals surface area contributed by atoms with Gasteiger partial charge in [-0.15, -0.1) is 11.8 Å². The van der Waals surface area contributed by atoms with Crippen LogP contribution in [0.3, 0.4) is 0 Å². The zero-order valence-electron chi connectivity index (χ0n) is 30.4. The van der Waals surface area contributed by atoms with Crippen LogP contribution in [0, 0.1) is 5.82 Å². The second kappa shape index (κ2) is 15.5. The minimum absolute atomic E-state index is 0.0177. The molecule has 5 aromatic rings. The van der Waals surface area contributed by atoms with Crippen LogP contribution in [-0.2, 0) is 16.1 Å². The number of amides is 2. The maximum absolute atomic E-state index is 15.1. The van der Waals surface area contributed by atoms with Gasteiger partial charge >= 0.3 is 0 Å². The molecule has 2 N–H and O–H groups in total. The molecule has 0 radical (unpaired) electrons. The molecule has 0 saturated carbocycles. The monoisotopic (exact) mass is 737 g/mol. The van der Waals surface area contributed by atoms with Gasteiger partial charge in [0, 0.05) is 61.6 Å². The zero-order chi connectivity index (χ0) is 37.1. The smallest absolute Gasteiger partial charge is 0.241 e. The van der Waals surface area contributed by atoms with Crippen molar-refractivity contribution in [2.75, 3.05) is 44.3 Å². The van der Waals surface area contributed by atoms with Crippen molar-refractivity contribution < 1.29 is 18.7 Å². The summed E-state index contributed by atoms with van der Waals surface area (Å²) in [6.45, 7) is 9.03. The van der Waals surface area contributed by atoms with Crippen molar-refractivity contribution in [2.24, 2.45) is 0 Å². The van der Waals surface area contributed by atoms with Gasteiger partial charge in [0.2, 0.25) is 17.7 Å². The number of pyridine rings is 1. The van der Waals surface area contributed by atoms with Crippen LogP contribution >= 0.6 is 11.8 Å². The molecular formula is C39H44FN9O3S. The standard InChI is InChI=1S/C39H44FN9O3S/c1-5-15-49-24-42-37(46-49)30-9-6-27(19-32(30)40)26-12-16-48(17-13-26)35(50)22-47-18-14-39(23-47,53-4)38(51)43-29-8-10-33-31(20-29)36(45-44-33)28-7-11-34(41-21-28)52-25(2)3/h6-12,19-21,24-25H,5,13-18,22-23H2,1-4H3,(H,43,51)(H,44,45)/t39-/m0/s1. The number of likely N-dealkylation sites (tertiary alicyclic amines) is 1. The number of benzene rings is 2. The first kappa shape index (κ1) is 36.3. The number of nitrogens with one attached hydrogen (secondary N) is 2. The van der Waals surface area contributed by atoms with E-state index in [1.54, 1.807) is 23.3 Å². The number of halogens is 1. The molecular weight excluding hydrogens is 694 g/mol. The predicted molar refractivity (Wildman–Crippen MR) is 206 cm³/mol. The Labute approximate surface area is 312 Å². The van der Waals surface area contributed by atoms with Crippen LogP contribution in [0.5, 0.6) is 5.88 Å². The SMILES string of the molecule is CCCn1cnc(-c2ccc(C3=CCN(C(=O)CN4CC[C@@](SC)(C(=O)Nc5ccc6[nH]nc(-c7ccc(OC(C)C)nc7)c6c5)C4)CC3)cc2F)n1. The molecule has 2 amide bonds. The fraction of sp³-hybridized carbons (Fsp3) is 0.385. The molecule has 0 spiro atoms. The number of aromatic nitrogens is 6. The van der Waals surface area contributed by atoms with Crippen LogP contribution in [0.1, 0.15) is 45.6 Å². The first-order valence-electron chi connectivity index (χ1n) is 18.0. The van der Waals surface area contributed by atoms with Crippen LogP contribution in [0.25, 0.3) is 39.1 Å². The van der Waals surface area contributed by atoms with E-state index in [1.807, 2.05) is 67.5 Å². The number of ether oxygens (including phenoxy) is 1. The van der Waals surface area contributed by atoms with E-state index in [2.05, 4.69) is 42.4 Å². The van der Waals surface area contributed by atoms with E-state index in [-0.39, 0.29) is 30.3 Å². The van der Waals surface area contributed by atoms with Gasteiger partial charge in [-0.3, -0.25) is 24.3 Å². The third-order valence-electron chi connectivity index (χ3n) is 9.79.